The predicted octanol–water partition coefficient (Wildman–Crippen LogP) is 2.65. The second-order valence-corrected chi connectivity index (χ2v) is 5.35. The van der Waals surface area contributed by atoms with E-state index in [9.17, 15) is 14.0 Å². The molecule has 3 rings (SSSR count). The van der Waals surface area contributed by atoms with Gasteiger partial charge in [-0.1, -0.05) is 18.2 Å². The summed E-state index contributed by atoms with van der Waals surface area (Å²) in [5.74, 6) is -0.718. The first-order valence-electron chi connectivity index (χ1n) is 7.47. The molecule has 0 atom stereocenters. The number of fused-ring (bicyclic) bond motifs is 1. The average Bonchev–Trinajstić information content (AvgIpc) is 2.84. The lowest BCUT2D eigenvalue weighted by Gasteiger charge is -2.13. The number of nitrogens with zero attached hydrogens (tertiary/aromatic N) is 1. The number of methoxy groups -OCH3 is 1. The molecule has 0 fully saturated rings. The van der Waals surface area contributed by atoms with Gasteiger partial charge in [0.05, 0.1) is 24.3 Å². The van der Waals surface area contributed by atoms with Crippen LogP contribution >= 0.6 is 0 Å². The average molecular weight is 329 g/mol. The molecule has 5 nitrogen and oxygen atoms in total. The van der Waals surface area contributed by atoms with Gasteiger partial charge in [0.1, 0.15) is 18.2 Å². The number of imide groups is 1. The first-order valence-corrected chi connectivity index (χ1v) is 7.47. The molecule has 0 aromatic heterocycles. The Hall–Kier alpha value is -2.73. The zero-order valence-corrected chi connectivity index (χ0v) is 13.1. The normalized spacial score (nSPS) is 13.3. The lowest BCUT2D eigenvalue weighted by Crippen LogP contribution is -2.32. The molecule has 2 aromatic rings. The second-order valence-electron chi connectivity index (χ2n) is 5.35. The van der Waals surface area contributed by atoms with Crippen LogP contribution in [0.1, 0.15) is 26.3 Å². The molecule has 0 aliphatic carbocycles. The van der Waals surface area contributed by atoms with Crippen molar-refractivity contribution in [1.82, 2.24) is 4.90 Å². The van der Waals surface area contributed by atoms with Gasteiger partial charge in [0.25, 0.3) is 11.8 Å². The van der Waals surface area contributed by atoms with Gasteiger partial charge in [0.2, 0.25) is 0 Å². The summed E-state index contributed by atoms with van der Waals surface area (Å²) in [6, 6.07) is 10.8. The Morgan fingerprint density at radius 2 is 1.79 bits per heavy atom. The van der Waals surface area contributed by atoms with Gasteiger partial charge in [0, 0.05) is 7.11 Å². The van der Waals surface area contributed by atoms with Crippen LogP contribution in [0.25, 0.3) is 0 Å². The van der Waals surface area contributed by atoms with E-state index >= 15 is 0 Å². The highest BCUT2D eigenvalue weighted by Gasteiger charge is 2.37. The number of hydrogen-bond acceptors (Lipinski definition) is 4. The maximum Gasteiger partial charge on any atom is 0.265 e. The molecule has 1 aliphatic heterocycles. The van der Waals surface area contributed by atoms with Crippen molar-refractivity contribution >= 4 is 11.8 Å². The van der Waals surface area contributed by atoms with Crippen molar-refractivity contribution in [2.24, 2.45) is 0 Å². The van der Waals surface area contributed by atoms with Crippen molar-refractivity contribution in [2.75, 3.05) is 20.3 Å². The zero-order valence-electron chi connectivity index (χ0n) is 13.1. The fraction of sp³-hybridized carbons (Fsp3) is 0.222. The summed E-state index contributed by atoms with van der Waals surface area (Å²) in [6.07, 6.45) is 0. The van der Waals surface area contributed by atoms with Crippen LogP contribution in [0.3, 0.4) is 0 Å². The topological polar surface area (TPSA) is 55.8 Å². The second kappa shape index (κ2) is 6.80. The van der Waals surface area contributed by atoms with Crippen molar-refractivity contribution in [3.05, 3.63) is 65.0 Å². The van der Waals surface area contributed by atoms with Crippen LogP contribution in [0.15, 0.2) is 42.5 Å². The Kier molecular flexibility index (Phi) is 4.57. The minimum Gasteiger partial charge on any atom is -0.488 e. The van der Waals surface area contributed by atoms with Crippen molar-refractivity contribution in [1.29, 1.82) is 0 Å². The summed E-state index contributed by atoms with van der Waals surface area (Å²) in [5, 5.41) is 0. The molecule has 1 heterocycles. The lowest BCUT2D eigenvalue weighted by atomic mass is 10.1. The molecule has 6 heteroatoms. The number of amides is 2. The first-order chi connectivity index (χ1) is 11.6. The molecule has 0 unspecified atom stereocenters. The van der Waals surface area contributed by atoms with E-state index in [4.69, 9.17) is 9.47 Å². The maximum atomic E-state index is 12.9. The van der Waals surface area contributed by atoms with Crippen molar-refractivity contribution in [3.63, 3.8) is 0 Å². The highest BCUT2D eigenvalue weighted by Crippen LogP contribution is 2.31. The molecule has 0 N–H and O–H groups in total. The van der Waals surface area contributed by atoms with Crippen molar-refractivity contribution < 1.29 is 23.5 Å². The van der Waals surface area contributed by atoms with Gasteiger partial charge in [-0.2, -0.15) is 0 Å². The Morgan fingerprint density at radius 3 is 2.50 bits per heavy atom. The monoisotopic (exact) mass is 329 g/mol. The van der Waals surface area contributed by atoms with Gasteiger partial charge in [-0.15, -0.1) is 0 Å². The van der Waals surface area contributed by atoms with Crippen LogP contribution in [-0.2, 0) is 11.3 Å². The molecule has 24 heavy (non-hydrogen) atoms. The Labute approximate surface area is 138 Å². The van der Waals surface area contributed by atoms with Crippen molar-refractivity contribution in [3.8, 4) is 5.75 Å². The van der Waals surface area contributed by atoms with Crippen LogP contribution in [0.5, 0.6) is 5.75 Å². The Bertz CT molecular complexity index is 773. The number of halogens is 1. The predicted molar refractivity (Wildman–Crippen MR) is 84.4 cm³/mol. The zero-order chi connectivity index (χ0) is 17.1. The van der Waals surface area contributed by atoms with E-state index in [1.165, 1.54) is 19.2 Å². The summed E-state index contributed by atoms with van der Waals surface area (Å²) in [4.78, 5) is 26.0. The fourth-order valence-corrected chi connectivity index (χ4v) is 2.55. The molecule has 0 saturated carbocycles. The standard InChI is InChI=1S/C18H16FNO4/c1-23-10-9-20-17(21)14-3-2-4-15(16(14)18(20)22)24-11-12-5-7-13(19)8-6-12/h2-8H,9-11H2,1H3. The smallest absolute Gasteiger partial charge is 0.265 e. The molecular formula is C18H16FNO4. The number of hydrogen-bond donors (Lipinski definition) is 0. The van der Waals surface area contributed by atoms with Crippen LogP contribution < -0.4 is 4.74 Å². The number of carbonyl (C=O) groups excluding carboxylic acids is 2. The first kappa shape index (κ1) is 16.1. The van der Waals surface area contributed by atoms with E-state index in [2.05, 4.69) is 0 Å². The van der Waals surface area contributed by atoms with Gasteiger partial charge >= 0.3 is 0 Å². The molecule has 0 saturated heterocycles. The highest BCUT2D eigenvalue weighted by atomic mass is 19.1. The lowest BCUT2D eigenvalue weighted by molar-refractivity contribution is 0.0602. The number of ether oxygens (including phenoxy) is 2. The Balaban J connectivity index is 1.81. The van der Waals surface area contributed by atoms with E-state index in [0.29, 0.717) is 11.3 Å². The third kappa shape index (κ3) is 3.00. The van der Waals surface area contributed by atoms with E-state index in [1.54, 1.807) is 30.3 Å². The third-order valence-corrected chi connectivity index (χ3v) is 3.79. The van der Waals surface area contributed by atoms with Gasteiger partial charge < -0.3 is 9.47 Å². The highest BCUT2D eigenvalue weighted by molar-refractivity contribution is 6.22. The van der Waals surface area contributed by atoms with Gasteiger partial charge in [-0.05, 0) is 29.8 Å². The minimum atomic E-state index is -0.387. The summed E-state index contributed by atoms with van der Waals surface area (Å²) in [6.45, 7) is 0.647. The van der Waals surface area contributed by atoms with Crippen LogP contribution in [0.2, 0.25) is 0 Å². The largest absolute Gasteiger partial charge is 0.488 e. The summed E-state index contributed by atoms with van der Waals surface area (Å²) < 4.78 is 23.6. The number of rotatable bonds is 6. The molecule has 0 spiro atoms. The van der Waals surface area contributed by atoms with E-state index < -0.39 is 0 Å². The van der Waals surface area contributed by atoms with Crippen LogP contribution in [0.4, 0.5) is 4.39 Å². The molecule has 0 radical (unpaired) electrons. The van der Waals surface area contributed by atoms with Gasteiger partial charge in [-0.25, -0.2) is 4.39 Å². The van der Waals surface area contributed by atoms with Crippen LogP contribution in [0, 0.1) is 5.82 Å². The Morgan fingerprint density at radius 1 is 1.04 bits per heavy atom. The fourth-order valence-electron chi connectivity index (χ4n) is 2.55. The van der Waals surface area contributed by atoms with Crippen LogP contribution in [-0.4, -0.2) is 37.0 Å². The van der Waals surface area contributed by atoms with E-state index in [1.807, 2.05) is 0 Å². The maximum absolute atomic E-state index is 12.9. The van der Waals surface area contributed by atoms with E-state index in [-0.39, 0.29) is 43.0 Å². The minimum absolute atomic E-state index is 0.177. The molecular weight excluding hydrogens is 313 g/mol. The SMILES string of the molecule is COCCN1C(=O)c2cccc(OCc3ccc(F)cc3)c2C1=O. The molecule has 2 aromatic carbocycles. The number of carbonyl (C=O) groups is 2. The molecule has 0 bridgehead atoms. The molecule has 124 valence electrons. The molecule has 2 amide bonds. The van der Waals surface area contributed by atoms with Gasteiger partial charge in [0.15, 0.2) is 0 Å². The van der Waals surface area contributed by atoms with E-state index in [0.717, 1.165) is 10.5 Å². The summed E-state index contributed by atoms with van der Waals surface area (Å²) in [7, 11) is 1.51. The number of benzene rings is 2. The third-order valence-electron chi connectivity index (χ3n) is 3.79. The van der Waals surface area contributed by atoms with Gasteiger partial charge in [-0.3, -0.25) is 14.5 Å². The summed E-state index contributed by atoms with van der Waals surface area (Å²) >= 11 is 0. The summed E-state index contributed by atoms with van der Waals surface area (Å²) in [5.41, 5.74) is 1.36. The molecule has 1 aliphatic rings. The quantitative estimate of drug-likeness (QED) is 0.765. The van der Waals surface area contributed by atoms with Crippen molar-refractivity contribution in [2.45, 2.75) is 6.61 Å².